The van der Waals surface area contributed by atoms with Crippen LogP contribution in [0.5, 0.6) is 0 Å². The van der Waals surface area contributed by atoms with Crippen molar-refractivity contribution in [1.29, 1.82) is 10.7 Å². The number of carbonyl (C=O) groups excluding carboxylic acids is 3. The molecule has 0 bridgehead atoms. The largest absolute Gasteiger partial charge is 0.410 e. The van der Waals surface area contributed by atoms with Crippen LogP contribution < -0.4 is 16.0 Å². The third-order valence-corrected chi connectivity index (χ3v) is 8.86. The van der Waals surface area contributed by atoms with Crippen LogP contribution in [-0.4, -0.2) is 63.5 Å². The first-order valence-electron chi connectivity index (χ1n) is 14.1. The number of fused-ring (bicyclic) bond motifs is 1. The lowest BCUT2D eigenvalue weighted by molar-refractivity contribution is -0.124. The minimum atomic E-state index is -0.983. The van der Waals surface area contributed by atoms with E-state index in [4.69, 9.17) is 5.41 Å². The molecule has 1 heterocycles. The molecular formula is C29H37N7O4. The van der Waals surface area contributed by atoms with E-state index in [1.807, 2.05) is 26.0 Å². The van der Waals surface area contributed by atoms with Crippen molar-refractivity contribution < 1.29 is 19.6 Å². The molecule has 2 saturated carbocycles. The molecule has 212 valence electrons. The van der Waals surface area contributed by atoms with Gasteiger partial charge in [0.2, 0.25) is 5.91 Å². The molecule has 1 aromatic rings. The minimum absolute atomic E-state index is 0.0119. The molecule has 5 rings (SSSR count). The number of anilines is 1. The number of oxime groups is 1. The number of hydrogen-bond donors (Lipinski definition) is 5. The smallest absolute Gasteiger partial charge is 0.319 e. The molecule has 4 amide bonds. The molecule has 5 N–H and O–H groups in total. The Morgan fingerprint density at radius 1 is 1.20 bits per heavy atom. The summed E-state index contributed by atoms with van der Waals surface area (Å²) in [4.78, 5) is 41.0. The number of carbonyl (C=O) groups is 3. The van der Waals surface area contributed by atoms with Crippen molar-refractivity contribution in [3.63, 3.8) is 0 Å². The Morgan fingerprint density at radius 3 is 2.38 bits per heavy atom. The fourth-order valence-corrected chi connectivity index (χ4v) is 6.32. The predicted molar refractivity (Wildman–Crippen MR) is 148 cm³/mol. The number of urea groups is 1. The second-order valence-electron chi connectivity index (χ2n) is 12.2. The third-order valence-electron chi connectivity index (χ3n) is 8.86. The molecule has 3 aliphatic carbocycles. The molecule has 0 radical (unpaired) electrons. The van der Waals surface area contributed by atoms with Gasteiger partial charge < -0.3 is 31.5 Å². The lowest BCUT2D eigenvalue weighted by Crippen LogP contribution is -2.52. The van der Waals surface area contributed by atoms with E-state index in [0.717, 1.165) is 36.8 Å². The standard InChI is InChI=1S/C29H37N7O4/c1-15(2)22-13-36(28(39)33-22)29(14-30)11-19-8-9-21(10-20(19)12-29)32-27(38)25(23(17-4-5-17)18-6-7-18)34-26(37)24(35-40)16(3)31/h8-10,15,17-18,22-23,25,31,40H,4-7,11-13H2,1-3H3,(H,32,38)(H,33,39)(H,34,37)/b31-16?,35-24+/t22-,25-,29?/m0/s1. The molecule has 1 aliphatic heterocycles. The highest BCUT2D eigenvalue weighted by Gasteiger charge is 2.50. The number of benzene rings is 1. The summed E-state index contributed by atoms with van der Waals surface area (Å²) in [7, 11) is 0. The Labute approximate surface area is 233 Å². The molecule has 1 unspecified atom stereocenters. The van der Waals surface area contributed by atoms with Crippen LogP contribution in [0, 0.1) is 40.4 Å². The zero-order valence-electron chi connectivity index (χ0n) is 23.2. The Kier molecular flexibility index (Phi) is 7.29. The van der Waals surface area contributed by atoms with E-state index < -0.39 is 23.2 Å². The monoisotopic (exact) mass is 547 g/mol. The Morgan fingerprint density at radius 2 is 1.85 bits per heavy atom. The van der Waals surface area contributed by atoms with Gasteiger partial charge in [-0.3, -0.25) is 9.59 Å². The molecule has 11 heteroatoms. The van der Waals surface area contributed by atoms with Gasteiger partial charge in [0.05, 0.1) is 17.8 Å². The molecule has 3 atom stereocenters. The third kappa shape index (κ3) is 5.27. The van der Waals surface area contributed by atoms with Gasteiger partial charge in [-0.05, 0) is 79.5 Å². The summed E-state index contributed by atoms with van der Waals surface area (Å²) in [6.45, 7) is 5.91. The summed E-state index contributed by atoms with van der Waals surface area (Å²) in [6, 6.07) is 6.87. The zero-order valence-corrected chi connectivity index (χ0v) is 23.2. The van der Waals surface area contributed by atoms with Gasteiger partial charge in [-0.1, -0.05) is 25.1 Å². The molecule has 1 aromatic carbocycles. The maximum absolute atomic E-state index is 13.7. The lowest BCUT2D eigenvalue weighted by Gasteiger charge is -2.31. The molecule has 1 saturated heterocycles. The predicted octanol–water partition coefficient (Wildman–Crippen LogP) is 2.83. The maximum Gasteiger partial charge on any atom is 0.319 e. The van der Waals surface area contributed by atoms with Crippen molar-refractivity contribution in [1.82, 2.24) is 15.5 Å². The van der Waals surface area contributed by atoms with E-state index >= 15 is 0 Å². The van der Waals surface area contributed by atoms with Gasteiger partial charge in [-0.15, -0.1) is 0 Å². The molecule has 0 spiro atoms. The molecule has 40 heavy (non-hydrogen) atoms. The Bertz CT molecular complexity index is 1300. The lowest BCUT2D eigenvalue weighted by atomic mass is 9.88. The van der Waals surface area contributed by atoms with Crippen molar-refractivity contribution in [2.75, 3.05) is 11.9 Å². The molecule has 11 nitrogen and oxygen atoms in total. The molecular weight excluding hydrogens is 510 g/mol. The summed E-state index contributed by atoms with van der Waals surface area (Å²) < 4.78 is 0. The van der Waals surface area contributed by atoms with Crippen LogP contribution in [-0.2, 0) is 22.4 Å². The van der Waals surface area contributed by atoms with Crippen LogP contribution in [0.4, 0.5) is 10.5 Å². The molecule has 3 fully saturated rings. The Balaban J connectivity index is 1.34. The van der Waals surface area contributed by atoms with Gasteiger partial charge in [0.25, 0.3) is 5.91 Å². The first-order valence-corrected chi connectivity index (χ1v) is 14.1. The normalized spacial score (nSPS) is 24.9. The van der Waals surface area contributed by atoms with Crippen LogP contribution in [0.1, 0.15) is 57.6 Å². The van der Waals surface area contributed by atoms with Crippen LogP contribution in [0.15, 0.2) is 23.4 Å². The minimum Gasteiger partial charge on any atom is -0.410 e. The summed E-state index contributed by atoms with van der Waals surface area (Å²) in [5, 5.41) is 38.9. The van der Waals surface area contributed by atoms with Gasteiger partial charge >= 0.3 is 6.03 Å². The highest BCUT2D eigenvalue weighted by atomic mass is 16.4. The number of rotatable bonds is 10. The average Bonchev–Trinajstić information content (AvgIpc) is 3.84. The van der Waals surface area contributed by atoms with E-state index in [1.54, 1.807) is 11.0 Å². The van der Waals surface area contributed by atoms with Crippen LogP contribution in [0.2, 0.25) is 0 Å². The number of hydrogen-bond acceptors (Lipinski definition) is 7. The van der Waals surface area contributed by atoms with E-state index in [0.29, 0.717) is 36.9 Å². The highest BCUT2D eigenvalue weighted by Crippen LogP contribution is 2.51. The first kappa shape index (κ1) is 27.6. The fraction of sp³-hybridized carbons (Fsp3) is 0.586. The summed E-state index contributed by atoms with van der Waals surface area (Å²) in [5.41, 5.74) is 0.814. The van der Waals surface area contributed by atoms with E-state index in [1.165, 1.54) is 6.92 Å². The van der Waals surface area contributed by atoms with Crippen molar-refractivity contribution in [3.8, 4) is 6.07 Å². The average molecular weight is 548 g/mol. The topological polar surface area (TPSA) is 171 Å². The van der Waals surface area contributed by atoms with Gasteiger partial charge in [0, 0.05) is 25.1 Å². The summed E-state index contributed by atoms with van der Waals surface area (Å²) >= 11 is 0. The fourth-order valence-electron chi connectivity index (χ4n) is 6.32. The zero-order chi connectivity index (χ0) is 28.8. The quantitative estimate of drug-likeness (QED) is 0.172. The highest BCUT2D eigenvalue weighted by molar-refractivity contribution is 6.65. The summed E-state index contributed by atoms with van der Waals surface area (Å²) in [6.07, 6.45) is 4.79. The van der Waals surface area contributed by atoms with Crippen LogP contribution >= 0.6 is 0 Å². The van der Waals surface area contributed by atoms with Crippen molar-refractivity contribution in [3.05, 3.63) is 29.3 Å². The number of nitriles is 1. The maximum atomic E-state index is 13.7. The van der Waals surface area contributed by atoms with E-state index in [2.05, 4.69) is 27.2 Å². The van der Waals surface area contributed by atoms with E-state index in [-0.39, 0.29) is 35.5 Å². The molecule has 4 aliphatic rings. The number of nitrogens with one attached hydrogen (secondary N) is 4. The van der Waals surface area contributed by atoms with Gasteiger partial charge in [-0.25, -0.2) is 4.79 Å². The van der Waals surface area contributed by atoms with Crippen molar-refractivity contribution >= 4 is 35.0 Å². The van der Waals surface area contributed by atoms with Crippen molar-refractivity contribution in [2.24, 2.45) is 28.8 Å². The molecule has 0 aromatic heterocycles. The van der Waals surface area contributed by atoms with Gasteiger partial charge in [0.1, 0.15) is 11.6 Å². The van der Waals surface area contributed by atoms with Gasteiger partial charge in [-0.2, -0.15) is 5.26 Å². The first-order chi connectivity index (χ1) is 19.1. The van der Waals surface area contributed by atoms with Gasteiger partial charge in [0.15, 0.2) is 5.71 Å². The SMILES string of the molecule is CC(=N)/C(=N\O)C(=O)N[C@H](C(=O)Nc1ccc2c(c1)CC(C#N)(N1C[C@@H](C(C)C)NC1=O)C2)C(C1CC1)C1CC1. The van der Waals surface area contributed by atoms with Crippen molar-refractivity contribution in [2.45, 2.75) is 76.9 Å². The second kappa shape index (κ2) is 10.6. The van der Waals surface area contributed by atoms with Crippen LogP contribution in [0.25, 0.3) is 0 Å². The second-order valence-corrected chi connectivity index (χ2v) is 12.2. The Hall–Kier alpha value is -3.94. The summed E-state index contributed by atoms with van der Waals surface area (Å²) in [5.74, 6) is -0.203. The number of nitrogens with zero attached hydrogens (tertiary/aromatic N) is 3. The van der Waals surface area contributed by atoms with Crippen LogP contribution in [0.3, 0.4) is 0 Å². The number of amides is 4. The van der Waals surface area contributed by atoms with E-state index in [9.17, 15) is 24.9 Å².